The number of hydrogen-bond acceptors (Lipinski definition) is 2. The highest BCUT2D eigenvalue weighted by Crippen LogP contribution is 2.30. The van der Waals surface area contributed by atoms with E-state index in [0.717, 1.165) is 16.6 Å². The van der Waals surface area contributed by atoms with Crippen molar-refractivity contribution in [1.29, 1.82) is 5.26 Å². The molecule has 3 heterocycles. The summed E-state index contributed by atoms with van der Waals surface area (Å²) in [6, 6.07) is 6.24. The Morgan fingerprint density at radius 3 is 3.29 bits per heavy atom. The molecular weight excluding hydrogens is 174 g/mol. The second-order valence-corrected chi connectivity index (χ2v) is 3.32. The van der Waals surface area contributed by atoms with Crippen molar-refractivity contribution in [1.82, 2.24) is 9.55 Å². The fourth-order valence-corrected chi connectivity index (χ4v) is 1.88. The van der Waals surface area contributed by atoms with Crippen molar-refractivity contribution < 1.29 is 0 Å². The van der Waals surface area contributed by atoms with Gasteiger partial charge in [-0.05, 0) is 18.2 Å². The Kier molecular flexibility index (Phi) is 1.29. The number of nitriles is 1. The van der Waals surface area contributed by atoms with Gasteiger partial charge in [-0.3, -0.25) is 4.98 Å². The van der Waals surface area contributed by atoms with Gasteiger partial charge in [-0.1, -0.05) is 0 Å². The summed E-state index contributed by atoms with van der Waals surface area (Å²) >= 11 is 0. The zero-order chi connectivity index (χ0) is 9.54. The van der Waals surface area contributed by atoms with Crippen molar-refractivity contribution in [3.8, 4) is 6.07 Å². The Balaban J connectivity index is 2.38. The number of nitrogens with zero attached hydrogens (tertiary/aromatic N) is 3. The number of hydrogen-bond donors (Lipinski definition) is 0. The average Bonchev–Trinajstić information content (AvgIpc) is 2.75. The van der Waals surface area contributed by atoms with Crippen LogP contribution in [0.3, 0.4) is 0 Å². The van der Waals surface area contributed by atoms with Crippen LogP contribution in [0.5, 0.6) is 0 Å². The highest BCUT2D eigenvalue weighted by atomic mass is 15.0. The summed E-state index contributed by atoms with van der Waals surface area (Å²) in [6.45, 7) is 0. The molecule has 3 rings (SSSR count). The number of allylic oxidation sites excluding steroid dienone is 1. The minimum absolute atomic E-state index is 0.109. The van der Waals surface area contributed by atoms with Gasteiger partial charge in [-0.15, -0.1) is 0 Å². The van der Waals surface area contributed by atoms with E-state index < -0.39 is 0 Å². The SMILES string of the molecule is N#CC1C=Cn2c1cc1cnccc12. The summed E-state index contributed by atoms with van der Waals surface area (Å²) in [5, 5.41) is 10.00. The summed E-state index contributed by atoms with van der Waals surface area (Å²) in [5.74, 6) is -0.109. The zero-order valence-corrected chi connectivity index (χ0v) is 7.38. The molecule has 0 amide bonds. The first-order chi connectivity index (χ1) is 6.90. The molecule has 2 aromatic rings. The lowest BCUT2D eigenvalue weighted by Crippen LogP contribution is -1.90. The molecule has 0 saturated carbocycles. The minimum Gasteiger partial charge on any atom is -0.319 e. The smallest absolute Gasteiger partial charge is 0.107 e. The summed E-state index contributed by atoms with van der Waals surface area (Å²) < 4.78 is 2.05. The first-order valence-electron chi connectivity index (χ1n) is 4.43. The van der Waals surface area contributed by atoms with Crippen LogP contribution in [0.4, 0.5) is 0 Å². The highest BCUT2D eigenvalue weighted by molar-refractivity contribution is 5.84. The van der Waals surface area contributed by atoms with Crippen molar-refractivity contribution in [2.24, 2.45) is 0 Å². The molecule has 0 spiro atoms. The molecule has 0 N–H and O–H groups in total. The average molecular weight is 181 g/mol. The molecule has 3 nitrogen and oxygen atoms in total. The molecule has 0 bridgehead atoms. The molecule has 0 saturated heterocycles. The van der Waals surface area contributed by atoms with Crippen LogP contribution in [0.2, 0.25) is 0 Å². The lowest BCUT2D eigenvalue weighted by Gasteiger charge is -1.97. The Labute approximate surface area is 80.9 Å². The van der Waals surface area contributed by atoms with Crippen LogP contribution in [-0.4, -0.2) is 9.55 Å². The molecule has 1 aliphatic heterocycles. The van der Waals surface area contributed by atoms with Gasteiger partial charge in [0.2, 0.25) is 0 Å². The van der Waals surface area contributed by atoms with Crippen LogP contribution >= 0.6 is 0 Å². The van der Waals surface area contributed by atoms with E-state index in [0.29, 0.717) is 0 Å². The molecule has 0 radical (unpaired) electrons. The number of aromatic nitrogens is 2. The molecule has 3 heteroatoms. The lowest BCUT2D eigenvalue weighted by molar-refractivity contribution is 1.03. The van der Waals surface area contributed by atoms with Gasteiger partial charge in [0.1, 0.15) is 5.92 Å². The number of pyridine rings is 1. The lowest BCUT2D eigenvalue weighted by atomic mass is 10.1. The predicted molar refractivity (Wildman–Crippen MR) is 53.4 cm³/mol. The van der Waals surface area contributed by atoms with Crippen LogP contribution in [0.25, 0.3) is 17.1 Å². The molecule has 0 aromatic carbocycles. The second kappa shape index (κ2) is 2.46. The van der Waals surface area contributed by atoms with Gasteiger partial charge in [0.15, 0.2) is 0 Å². The standard InChI is InChI=1S/C11H7N3/c12-6-8-2-4-14-10-1-3-13-7-9(10)5-11(8)14/h1-5,7-8H. The molecule has 0 aliphatic carbocycles. The van der Waals surface area contributed by atoms with Crippen LogP contribution in [-0.2, 0) is 0 Å². The van der Waals surface area contributed by atoms with Gasteiger partial charge in [-0.25, -0.2) is 0 Å². The number of fused-ring (bicyclic) bond motifs is 3. The van der Waals surface area contributed by atoms with Gasteiger partial charge in [0, 0.05) is 29.7 Å². The molecule has 1 unspecified atom stereocenters. The quantitative estimate of drug-likeness (QED) is 0.624. The number of rotatable bonds is 0. The maximum Gasteiger partial charge on any atom is 0.107 e. The molecule has 14 heavy (non-hydrogen) atoms. The fraction of sp³-hybridized carbons (Fsp3) is 0.0909. The van der Waals surface area contributed by atoms with Gasteiger partial charge in [0.25, 0.3) is 0 Å². The normalized spacial score (nSPS) is 18.4. The van der Waals surface area contributed by atoms with E-state index in [-0.39, 0.29) is 5.92 Å². The maximum atomic E-state index is 8.91. The molecule has 1 aliphatic rings. The van der Waals surface area contributed by atoms with Crippen LogP contribution in [0.1, 0.15) is 11.6 Å². The van der Waals surface area contributed by atoms with Crippen molar-refractivity contribution in [3.63, 3.8) is 0 Å². The molecular formula is C11H7N3. The minimum atomic E-state index is -0.109. The second-order valence-electron chi connectivity index (χ2n) is 3.32. The van der Waals surface area contributed by atoms with Gasteiger partial charge >= 0.3 is 0 Å². The molecule has 1 atom stereocenters. The van der Waals surface area contributed by atoms with Crippen molar-refractivity contribution in [2.75, 3.05) is 0 Å². The third-order valence-corrected chi connectivity index (χ3v) is 2.55. The van der Waals surface area contributed by atoms with Crippen LogP contribution < -0.4 is 0 Å². The van der Waals surface area contributed by atoms with E-state index in [1.165, 1.54) is 0 Å². The maximum absolute atomic E-state index is 8.91. The van der Waals surface area contributed by atoms with Crippen LogP contribution in [0.15, 0.2) is 30.6 Å². The first-order valence-corrected chi connectivity index (χ1v) is 4.43. The van der Waals surface area contributed by atoms with Gasteiger partial charge < -0.3 is 4.57 Å². The summed E-state index contributed by atoms with van der Waals surface area (Å²) in [7, 11) is 0. The van der Waals surface area contributed by atoms with Gasteiger partial charge in [0.05, 0.1) is 11.6 Å². The largest absolute Gasteiger partial charge is 0.319 e. The summed E-state index contributed by atoms with van der Waals surface area (Å²) in [5.41, 5.74) is 2.15. The van der Waals surface area contributed by atoms with E-state index in [1.807, 2.05) is 35.2 Å². The van der Waals surface area contributed by atoms with E-state index in [2.05, 4.69) is 11.1 Å². The van der Waals surface area contributed by atoms with E-state index >= 15 is 0 Å². The predicted octanol–water partition coefficient (Wildman–Crippen LogP) is 2.13. The van der Waals surface area contributed by atoms with Crippen LogP contribution in [0, 0.1) is 11.3 Å². The zero-order valence-electron chi connectivity index (χ0n) is 7.38. The Morgan fingerprint density at radius 2 is 2.43 bits per heavy atom. The Morgan fingerprint density at radius 1 is 1.50 bits per heavy atom. The van der Waals surface area contributed by atoms with Gasteiger partial charge in [-0.2, -0.15) is 5.26 Å². The molecule has 66 valence electrons. The third kappa shape index (κ3) is 0.775. The Hall–Kier alpha value is -2.08. The van der Waals surface area contributed by atoms with Crippen molar-refractivity contribution in [3.05, 3.63) is 36.3 Å². The monoisotopic (exact) mass is 181 g/mol. The summed E-state index contributed by atoms with van der Waals surface area (Å²) in [6.07, 6.45) is 7.45. The fourth-order valence-electron chi connectivity index (χ4n) is 1.88. The van der Waals surface area contributed by atoms with Crippen molar-refractivity contribution in [2.45, 2.75) is 5.92 Å². The third-order valence-electron chi connectivity index (χ3n) is 2.55. The Bertz CT molecular complexity index is 572. The molecule has 2 aromatic heterocycles. The first kappa shape index (κ1) is 7.34. The van der Waals surface area contributed by atoms with E-state index in [9.17, 15) is 0 Å². The topological polar surface area (TPSA) is 41.6 Å². The highest BCUT2D eigenvalue weighted by Gasteiger charge is 2.19. The van der Waals surface area contributed by atoms with E-state index in [4.69, 9.17) is 5.26 Å². The van der Waals surface area contributed by atoms with E-state index in [1.54, 1.807) is 6.20 Å². The molecule has 0 fully saturated rings. The summed E-state index contributed by atoms with van der Waals surface area (Å²) in [4.78, 5) is 4.06. The van der Waals surface area contributed by atoms with Crippen molar-refractivity contribution >= 4 is 17.1 Å².